The Hall–Kier alpha value is -1.19. The van der Waals surface area contributed by atoms with Crippen molar-refractivity contribution in [2.24, 2.45) is 11.8 Å². The Kier molecular flexibility index (Phi) is 3.55. The number of hydrogen-bond donors (Lipinski definition) is 0. The van der Waals surface area contributed by atoms with Crippen LogP contribution in [0, 0.1) is 11.8 Å². The highest BCUT2D eigenvalue weighted by Crippen LogP contribution is 2.53. The van der Waals surface area contributed by atoms with Gasteiger partial charge in [0.25, 0.3) is 0 Å². The molecule has 2 rings (SSSR count). The molecule has 0 bridgehead atoms. The molecule has 0 spiro atoms. The Bertz CT molecular complexity index is 412. The average Bonchev–Trinajstić information content (AvgIpc) is 2.94. The predicted octanol–water partition coefficient (Wildman–Crippen LogP) is 4.73. The second-order valence-electron chi connectivity index (χ2n) is 5.32. The number of rotatable bonds is 4. The topological polar surface area (TPSA) is 9.23 Å². The fourth-order valence-corrected chi connectivity index (χ4v) is 2.50. The van der Waals surface area contributed by atoms with Crippen LogP contribution in [0.25, 0.3) is 0 Å². The standard InChI is InChI=1S/C14H17F3O/c1-9(2)7-10-8-12(10)11-5-3-4-6-13(11)18-14(15,16)17/h3-6,9-10,12H,7-8H2,1-2H3. The largest absolute Gasteiger partial charge is 0.573 e. The van der Waals surface area contributed by atoms with Crippen LogP contribution in [0.4, 0.5) is 13.2 Å². The van der Waals surface area contributed by atoms with E-state index in [-0.39, 0.29) is 11.7 Å². The van der Waals surface area contributed by atoms with Crippen LogP contribution in [-0.2, 0) is 0 Å². The van der Waals surface area contributed by atoms with E-state index in [0.717, 1.165) is 12.8 Å². The van der Waals surface area contributed by atoms with E-state index < -0.39 is 6.36 Å². The van der Waals surface area contributed by atoms with Crippen molar-refractivity contribution in [3.8, 4) is 5.75 Å². The molecule has 0 heterocycles. The maximum atomic E-state index is 12.3. The highest BCUT2D eigenvalue weighted by molar-refractivity contribution is 5.39. The van der Waals surface area contributed by atoms with Crippen LogP contribution < -0.4 is 4.74 Å². The Balaban J connectivity index is 2.10. The Morgan fingerprint density at radius 3 is 2.56 bits per heavy atom. The molecule has 0 aromatic heterocycles. The van der Waals surface area contributed by atoms with E-state index in [2.05, 4.69) is 18.6 Å². The van der Waals surface area contributed by atoms with Crippen LogP contribution in [0.3, 0.4) is 0 Å². The molecule has 0 saturated heterocycles. The predicted molar refractivity (Wildman–Crippen MR) is 63.4 cm³/mol. The highest BCUT2D eigenvalue weighted by atomic mass is 19.4. The summed E-state index contributed by atoms with van der Waals surface area (Å²) in [4.78, 5) is 0. The van der Waals surface area contributed by atoms with E-state index in [4.69, 9.17) is 0 Å². The molecular weight excluding hydrogens is 241 g/mol. The number of halogens is 3. The molecule has 1 nitrogen and oxygen atoms in total. The third-order valence-corrected chi connectivity index (χ3v) is 3.24. The van der Waals surface area contributed by atoms with E-state index in [1.54, 1.807) is 18.2 Å². The van der Waals surface area contributed by atoms with Gasteiger partial charge >= 0.3 is 6.36 Å². The summed E-state index contributed by atoms with van der Waals surface area (Å²) in [7, 11) is 0. The van der Waals surface area contributed by atoms with Crippen molar-refractivity contribution in [3.05, 3.63) is 29.8 Å². The number of ether oxygens (including phenoxy) is 1. The van der Waals surface area contributed by atoms with Gasteiger partial charge in [0.15, 0.2) is 0 Å². The molecule has 1 aliphatic carbocycles. The Morgan fingerprint density at radius 2 is 1.94 bits per heavy atom. The number of alkyl halides is 3. The summed E-state index contributed by atoms with van der Waals surface area (Å²) in [6, 6.07) is 6.48. The van der Waals surface area contributed by atoms with E-state index in [9.17, 15) is 13.2 Å². The van der Waals surface area contributed by atoms with Crippen molar-refractivity contribution >= 4 is 0 Å². The van der Waals surface area contributed by atoms with Crippen molar-refractivity contribution in [2.45, 2.75) is 39.0 Å². The number of para-hydroxylation sites is 1. The summed E-state index contributed by atoms with van der Waals surface area (Å²) in [6.45, 7) is 4.26. The van der Waals surface area contributed by atoms with Gasteiger partial charge in [-0.25, -0.2) is 0 Å². The van der Waals surface area contributed by atoms with Crippen molar-refractivity contribution in [2.75, 3.05) is 0 Å². The normalized spacial score (nSPS) is 23.2. The van der Waals surface area contributed by atoms with Gasteiger partial charge in [-0.2, -0.15) is 0 Å². The van der Waals surface area contributed by atoms with E-state index in [1.165, 1.54) is 6.07 Å². The lowest BCUT2D eigenvalue weighted by molar-refractivity contribution is -0.274. The SMILES string of the molecule is CC(C)CC1CC1c1ccccc1OC(F)(F)F. The first-order chi connectivity index (χ1) is 8.37. The van der Waals surface area contributed by atoms with Gasteiger partial charge in [-0.1, -0.05) is 32.0 Å². The maximum Gasteiger partial charge on any atom is 0.573 e. The molecule has 1 saturated carbocycles. The molecule has 1 fully saturated rings. The molecule has 1 aromatic carbocycles. The first-order valence-corrected chi connectivity index (χ1v) is 6.21. The molecule has 4 heteroatoms. The fraction of sp³-hybridized carbons (Fsp3) is 0.571. The lowest BCUT2D eigenvalue weighted by atomic mass is 10.0. The summed E-state index contributed by atoms with van der Waals surface area (Å²) < 4.78 is 41.0. The third kappa shape index (κ3) is 3.40. The zero-order valence-electron chi connectivity index (χ0n) is 10.5. The lowest BCUT2D eigenvalue weighted by Crippen LogP contribution is -2.18. The van der Waals surface area contributed by atoms with Crippen LogP contribution >= 0.6 is 0 Å². The highest BCUT2D eigenvalue weighted by Gasteiger charge is 2.41. The fourth-order valence-electron chi connectivity index (χ4n) is 2.50. The van der Waals surface area contributed by atoms with E-state index >= 15 is 0 Å². The second kappa shape index (κ2) is 4.82. The van der Waals surface area contributed by atoms with Crippen LogP contribution in [0.5, 0.6) is 5.75 Å². The van der Waals surface area contributed by atoms with E-state index in [0.29, 0.717) is 17.4 Å². The summed E-state index contributed by atoms with van der Waals surface area (Å²) in [5.41, 5.74) is 0.695. The average molecular weight is 258 g/mol. The maximum absolute atomic E-state index is 12.3. The number of hydrogen-bond acceptors (Lipinski definition) is 1. The molecule has 2 atom stereocenters. The molecule has 1 aromatic rings. The molecule has 0 radical (unpaired) electrons. The zero-order valence-corrected chi connectivity index (χ0v) is 10.5. The van der Waals surface area contributed by atoms with Crippen LogP contribution in [0.2, 0.25) is 0 Å². The van der Waals surface area contributed by atoms with Crippen molar-refractivity contribution in [1.82, 2.24) is 0 Å². The monoisotopic (exact) mass is 258 g/mol. The summed E-state index contributed by atoms with van der Waals surface area (Å²) in [5.74, 6) is 1.27. The van der Waals surface area contributed by atoms with Gasteiger partial charge in [0.1, 0.15) is 5.75 Å². The smallest absolute Gasteiger partial charge is 0.405 e. The minimum atomic E-state index is -4.61. The van der Waals surface area contributed by atoms with Crippen LogP contribution in [0.1, 0.15) is 38.2 Å². The number of benzene rings is 1. The summed E-state index contributed by atoms with van der Waals surface area (Å²) in [5, 5.41) is 0. The van der Waals surface area contributed by atoms with Crippen molar-refractivity contribution in [1.29, 1.82) is 0 Å². The second-order valence-corrected chi connectivity index (χ2v) is 5.32. The Labute approximate surface area is 105 Å². The minimum Gasteiger partial charge on any atom is -0.405 e. The molecule has 1 aliphatic rings. The van der Waals surface area contributed by atoms with Gasteiger partial charge in [0.2, 0.25) is 0 Å². The first-order valence-electron chi connectivity index (χ1n) is 6.21. The minimum absolute atomic E-state index is 0.0405. The first kappa shape index (κ1) is 13.2. The molecule has 2 unspecified atom stereocenters. The third-order valence-electron chi connectivity index (χ3n) is 3.24. The molecule has 0 N–H and O–H groups in total. The lowest BCUT2D eigenvalue weighted by Gasteiger charge is -2.13. The molecule has 0 amide bonds. The van der Waals surface area contributed by atoms with Crippen LogP contribution in [-0.4, -0.2) is 6.36 Å². The van der Waals surface area contributed by atoms with Crippen LogP contribution in [0.15, 0.2) is 24.3 Å². The summed E-state index contributed by atoms with van der Waals surface area (Å²) >= 11 is 0. The molecule has 0 aliphatic heterocycles. The molecule has 100 valence electrons. The Morgan fingerprint density at radius 1 is 1.28 bits per heavy atom. The van der Waals surface area contributed by atoms with Gasteiger partial charge in [-0.15, -0.1) is 13.2 Å². The van der Waals surface area contributed by atoms with Crippen molar-refractivity contribution in [3.63, 3.8) is 0 Å². The molecular formula is C14H17F3O. The zero-order chi connectivity index (χ0) is 13.3. The van der Waals surface area contributed by atoms with Gasteiger partial charge in [0.05, 0.1) is 0 Å². The van der Waals surface area contributed by atoms with E-state index in [1.807, 2.05) is 0 Å². The van der Waals surface area contributed by atoms with Gasteiger partial charge in [0, 0.05) is 0 Å². The van der Waals surface area contributed by atoms with Crippen molar-refractivity contribution < 1.29 is 17.9 Å². The quantitative estimate of drug-likeness (QED) is 0.758. The van der Waals surface area contributed by atoms with Gasteiger partial charge in [-0.05, 0) is 42.2 Å². The van der Waals surface area contributed by atoms with Gasteiger partial charge in [-0.3, -0.25) is 0 Å². The van der Waals surface area contributed by atoms with Gasteiger partial charge < -0.3 is 4.74 Å². The summed E-state index contributed by atoms with van der Waals surface area (Å²) in [6.07, 6.45) is -2.58. The molecule has 18 heavy (non-hydrogen) atoms.